The Balaban J connectivity index is 1.94. The van der Waals surface area contributed by atoms with Gasteiger partial charge in [-0.3, -0.25) is 9.36 Å². The second-order valence-electron chi connectivity index (χ2n) is 7.92. The Kier molecular flexibility index (Phi) is 6.19. The number of rotatable bonds is 6. The summed E-state index contributed by atoms with van der Waals surface area (Å²) in [5.41, 5.74) is 0.580. The number of carbonyl (C=O) groups is 1. The van der Waals surface area contributed by atoms with Gasteiger partial charge in [-0.2, -0.15) is 4.31 Å². The van der Waals surface area contributed by atoms with Gasteiger partial charge in [0.15, 0.2) is 5.58 Å². The van der Waals surface area contributed by atoms with Crippen molar-refractivity contribution < 1.29 is 17.6 Å². The molecule has 0 unspecified atom stereocenters. The molecule has 0 N–H and O–H groups in total. The second-order valence-corrected chi connectivity index (χ2v) is 9.86. The normalized spacial score (nSPS) is 20.8. The average molecular weight is 424 g/mol. The number of nitrogens with zero attached hydrogens (tertiary/aromatic N) is 3. The molecule has 8 nitrogen and oxygen atoms in total. The molecule has 9 heteroatoms. The topological polar surface area (TPSA) is 92.8 Å². The summed E-state index contributed by atoms with van der Waals surface area (Å²) in [7, 11) is -3.68. The van der Waals surface area contributed by atoms with Crippen LogP contribution in [0.2, 0.25) is 0 Å². The molecule has 2 atom stereocenters. The molecule has 1 fully saturated rings. The Hall–Kier alpha value is -2.13. The lowest BCUT2D eigenvalue weighted by atomic mass is 9.94. The number of amides is 1. The zero-order chi connectivity index (χ0) is 21.3. The Morgan fingerprint density at radius 1 is 1.17 bits per heavy atom. The molecule has 3 rings (SSSR count). The molecule has 0 spiro atoms. The van der Waals surface area contributed by atoms with Gasteiger partial charge in [-0.1, -0.05) is 13.8 Å². The van der Waals surface area contributed by atoms with Crippen LogP contribution in [0.15, 0.2) is 32.3 Å². The van der Waals surface area contributed by atoms with Gasteiger partial charge in [-0.15, -0.1) is 0 Å². The third-order valence-corrected chi connectivity index (χ3v) is 7.35. The van der Waals surface area contributed by atoms with Crippen molar-refractivity contribution in [3.8, 4) is 0 Å². The van der Waals surface area contributed by atoms with Crippen molar-refractivity contribution in [2.45, 2.75) is 45.6 Å². The zero-order valence-corrected chi connectivity index (χ0v) is 18.2. The van der Waals surface area contributed by atoms with E-state index in [-0.39, 0.29) is 22.9 Å². The summed E-state index contributed by atoms with van der Waals surface area (Å²) in [5.74, 6) is -0.271. The molecule has 1 aliphatic rings. The van der Waals surface area contributed by atoms with Gasteiger partial charge >= 0.3 is 5.76 Å². The SMILES string of the molecule is CCN(CC)C(=O)Cn1c(=O)oc2cc(S(=O)(=O)N3C[C@H](C)C[C@@H](C)C3)ccc21. The fourth-order valence-corrected chi connectivity index (χ4v) is 5.82. The molecule has 29 heavy (non-hydrogen) atoms. The maximum absolute atomic E-state index is 13.1. The van der Waals surface area contributed by atoms with E-state index >= 15 is 0 Å². The monoisotopic (exact) mass is 423 g/mol. The second kappa shape index (κ2) is 8.31. The van der Waals surface area contributed by atoms with E-state index in [2.05, 4.69) is 0 Å². The van der Waals surface area contributed by atoms with Gasteiger partial charge in [0.25, 0.3) is 0 Å². The molecular weight excluding hydrogens is 394 g/mol. The van der Waals surface area contributed by atoms with Gasteiger partial charge < -0.3 is 9.32 Å². The van der Waals surface area contributed by atoms with Crippen molar-refractivity contribution >= 4 is 27.0 Å². The number of piperidine rings is 1. The molecule has 2 aromatic rings. The van der Waals surface area contributed by atoms with Crippen LogP contribution >= 0.6 is 0 Å². The summed E-state index contributed by atoms with van der Waals surface area (Å²) in [4.78, 5) is 26.4. The number of aromatic nitrogens is 1. The summed E-state index contributed by atoms with van der Waals surface area (Å²) in [6.45, 7) is 9.77. The first-order valence-electron chi connectivity index (χ1n) is 10.1. The van der Waals surface area contributed by atoms with Crippen molar-refractivity contribution in [3.05, 3.63) is 28.7 Å². The highest BCUT2D eigenvalue weighted by Crippen LogP contribution is 2.28. The minimum atomic E-state index is -3.68. The van der Waals surface area contributed by atoms with Crippen LogP contribution in [-0.4, -0.2) is 54.3 Å². The predicted octanol–water partition coefficient (Wildman–Crippen LogP) is 2.13. The number of fused-ring (bicyclic) bond motifs is 1. The third-order valence-electron chi connectivity index (χ3n) is 5.52. The molecule has 1 aliphatic heterocycles. The smallest absolute Gasteiger partial charge is 0.408 e. The average Bonchev–Trinajstić information content (AvgIpc) is 2.96. The number of likely N-dealkylation sites (N-methyl/N-ethyl adjacent to an activating group) is 1. The standard InChI is InChI=1S/C20H29N3O5S/c1-5-21(6-2)19(24)13-23-17-8-7-16(10-18(17)28-20(23)25)29(26,27)22-11-14(3)9-15(4)12-22/h7-8,10,14-15H,5-6,9,11-13H2,1-4H3/t14-,15-/m1/s1. The molecule has 1 aromatic carbocycles. The van der Waals surface area contributed by atoms with E-state index in [0.717, 1.165) is 6.42 Å². The number of hydrogen-bond donors (Lipinski definition) is 0. The molecule has 1 aromatic heterocycles. The summed E-state index contributed by atoms with van der Waals surface area (Å²) in [5, 5.41) is 0. The van der Waals surface area contributed by atoms with Crippen LogP contribution in [0.5, 0.6) is 0 Å². The zero-order valence-electron chi connectivity index (χ0n) is 17.4. The van der Waals surface area contributed by atoms with Crippen molar-refractivity contribution in [2.24, 2.45) is 11.8 Å². The van der Waals surface area contributed by atoms with E-state index in [1.165, 1.54) is 21.0 Å². The van der Waals surface area contributed by atoms with Crippen LogP contribution < -0.4 is 5.76 Å². The number of benzene rings is 1. The van der Waals surface area contributed by atoms with E-state index < -0.39 is 15.8 Å². The van der Waals surface area contributed by atoms with Crippen LogP contribution in [0.4, 0.5) is 0 Å². The largest absolute Gasteiger partial charge is 0.420 e. The quantitative estimate of drug-likeness (QED) is 0.710. The van der Waals surface area contributed by atoms with Crippen molar-refractivity contribution in [1.82, 2.24) is 13.8 Å². The van der Waals surface area contributed by atoms with E-state index in [0.29, 0.717) is 43.5 Å². The number of sulfonamides is 1. The summed E-state index contributed by atoms with van der Waals surface area (Å²) in [6, 6.07) is 4.41. The lowest BCUT2D eigenvalue weighted by Gasteiger charge is -2.34. The Bertz CT molecular complexity index is 1040. The molecule has 0 aliphatic carbocycles. The highest BCUT2D eigenvalue weighted by Gasteiger charge is 2.32. The highest BCUT2D eigenvalue weighted by atomic mass is 32.2. The van der Waals surface area contributed by atoms with E-state index in [4.69, 9.17) is 4.42 Å². The molecule has 160 valence electrons. The number of oxazole rings is 1. The number of carbonyl (C=O) groups excluding carboxylic acids is 1. The minimum absolute atomic E-state index is 0.0993. The summed E-state index contributed by atoms with van der Waals surface area (Å²) in [6.07, 6.45) is 1.00. The first-order chi connectivity index (χ1) is 13.7. The minimum Gasteiger partial charge on any atom is -0.408 e. The molecular formula is C20H29N3O5S. The molecule has 0 radical (unpaired) electrons. The summed E-state index contributed by atoms with van der Waals surface area (Å²) < 4.78 is 34.2. The molecule has 1 amide bonds. The highest BCUT2D eigenvalue weighted by molar-refractivity contribution is 7.89. The maximum Gasteiger partial charge on any atom is 0.420 e. The van der Waals surface area contributed by atoms with Crippen molar-refractivity contribution in [3.63, 3.8) is 0 Å². The predicted molar refractivity (Wildman–Crippen MR) is 110 cm³/mol. The lowest BCUT2D eigenvalue weighted by molar-refractivity contribution is -0.131. The maximum atomic E-state index is 13.1. The van der Waals surface area contributed by atoms with Crippen molar-refractivity contribution in [1.29, 1.82) is 0 Å². The van der Waals surface area contributed by atoms with E-state index in [9.17, 15) is 18.0 Å². The Labute approximate surface area is 171 Å². The number of hydrogen-bond acceptors (Lipinski definition) is 5. The van der Waals surface area contributed by atoms with Gasteiger partial charge in [-0.25, -0.2) is 13.2 Å². The fourth-order valence-electron chi connectivity index (χ4n) is 4.12. The van der Waals surface area contributed by atoms with Crippen molar-refractivity contribution in [2.75, 3.05) is 26.2 Å². The molecule has 0 saturated carbocycles. The van der Waals surface area contributed by atoms with Crippen LogP contribution in [0.1, 0.15) is 34.1 Å². The lowest BCUT2D eigenvalue weighted by Crippen LogP contribution is -2.42. The van der Waals surface area contributed by atoms with Crippen LogP contribution in [-0.2, 0) is 21.4 Å². The van der Waals surface area contributed by atoms with Crippen LogP contribution in [0, 0.1) is 11.8 Å². The van der Waals surface area contributed by atoms with E-state index in [1.807, 2.05) is 27.7 Å². The Morgan fingerprint density at radius 2 is 1.79 bits per heavy atom. The van der Waals surface area contributed by atoms with Gasteiger partial charge in [0, 0.05) is 32.2 Å². The Morgan fingerprint density at radius 3 is 2.38 bits per heavy atom. The van der Waals surface area contributed by atoms with Crippen LogP contribution in [0.3, 0.4) is 0 Å². The summed E-state index contributed by atoms with van der Waals surface area (Å²) >= 11 is 0. The van der Waals surface area contributed by atoms with Crippen LogP contribution in [0.25, 0.3) is 11.1 Å². The van der Waals surface area contributed by atoms with Gasteiger partial charge in [0.1, 0.15) is 6.54 Å². The molecule has 2 heterocycles. The van der Waals surface area contributed by atoms with Gasteiger partial charge in [-0.05, 0) is 44.2 Å². The molecule has 1 saturated heterocycles. The first-order valence-corrected chi connectivity index (χ1v) is 11.5. The van der Waals surface area contributed by atoms with Gasteiger partial charge in [0.05, 0.1) is 10.4 Å². The van der Waals surface area contributed by atoms with Gasteiger partial charge in [0.2, 0.25) is 15.9 Å². The third kappa shape index (κ3) is 4.25. The first kappa shape index (κ1) is 21.6. The molecule has 0 bridgehead atoms. The van der Waals surface area contributed by atoms with E-state index in [1.54, 1.807) is 11.0 Å². The fraction of sp³-hybridized carbons (Fsp3) is 0.600.